The number of aromatic nitrogens is 2. The molecule has 1 rings (SSSR count). The van der Waals surface area contributed by atoms with Crippen molar-refractivity contribution in [2.24, 2.45) is 5.92 Å². The van der Waals surface area contributed by atoms with E-state index in [0.717, 1.165) is 49.9 Å². The van der Waals surface area contributed by atoms with Gasteiger partial charge in [-0.05, 0) is 25.2 Å². The maximum atomic E-state index is 12.2. The molecule has 17 heavy (non-hydrogen) atoms. The van der Waals surface area contributed by atoms with E-state index >= 15 is 0 Å². The lowest BCUT2D eigenvalue weighted by atomic mass is 10.1. The van der Waals surface area contributed by atoms with E-state index in [2.05, 4.69) is 32.8 Å². The molecule has 3 nitrogen and oxygen atoms in total. The van der Waals surface area contributed by atoms with E-state index in [0.29, 0.717) is 5.92 Å². The highest BCUT2D eigenvalue weighted by Crippen LogP contribution is 2.09. The Labute approximate surface area is 104 Å². The molecule has 0 saturated heterocycles. The monoisotopic (exact) mass is 238 g/mol. The normalized spacial score (nSPS) is 11.4. The van der Waals surface area contributed by atoms with Crippen molar-refractivity contribution in [3.05, 3.63) is 21.6 Å². The van der Waals surface area contributed by atoms with E-state index in [1.165, 1.54) is 0 Å². The van der Waals surface area contributed by atoms with Gasteiger partial charge in [0.2, 0.25) is 0 Å². The Morgan fingerprint density at radius 2 is 1.88 bits per heavy atom. The standard InChI is InChI=1S/C14H26N2O/c1-5-7-9-12-13(8-6-2)15-16(14(12)17)10-11(3)4/h11,15H,5-10H2,1-4H3. The first-order valence-electron chi connectivity index (χ1n) is 6.90. The zero-order chi connectivity index (χ0) is 12.8. The van der Waals surface area contributed by atoms with Gasteiger partial charge in [0.25, 0.3) is 5.56 Å². The molecule has 1 aromatic rings. The van der Waals surface area contributed by atoms with E-state index in [1.54, 1.807) is 4.68 Å². The van der Waals surface area contributed by atoms with Crippen LogP contribution >= 0.6 is 0 Å². The SMILES string of the molecule is CCCCc1c(CCC)[nH]n(CC(C)C)c1=O. The second kappa shape index (κ2) is 6.67. The van der Waals surface area contributed by atoms with Crippen LogP contribution in [-0.4, -0.2) is 9.78 Å². The summed E-state index contributed by atoms with van der Waals surface area (Å²) in [5.41, 5.74) is 2.39. The number of rotatable bonds is 7. The minimum atomic E-state index is 0.204. The summed E-state index contributed by atoms with van der Waals surface area (Å²) in [4.78, 5) is 12.2. The zero-order valence-electron chi connectivity index (χ0n) is 11.7. The molecular formula is C14H26N2O. The van der Waals surface area contributed by atoms with Crippen molar-refractivity contribution in [2.75, 3.05) is 0 Å². The molecular weight excluding hydrogens is 212 g/mol. The molecule has 0 aromatic carbocycles. The van der Waals surface area contributed by atoms with Gasteiger partial charge in [-0.25, -0.2) is 0 Å². The zero-order valence-corrected chi connectivity index (χ0v) is 11.7. The molecule has 0 amide bonds. The summed E-state index contributed by atoms with van der Waals surface area (Å²) in [7, 11) is 0. The van der Waals surface area contributed by atoms with Gasteiger partial charge in [0, 0.05) is 17.8 Å². The van der Waals surface area contributed by atoms with Gasteiger partial charge >= 0.3 is 0 Å². The first kappa shape index (κ1) is 14.1. The Balaban J connectivity index is 2.97. The van der Waals surface area contributed by atoms with Crippen molar-refractivity contribution < 1.29 is 0 Å². The molecule has 1 N–H and O–H groups in total. The molecule has 0 bridgehead atoms. The van der Waals surface area contributed by atoms with Crippen LogP contribution in [0.15, 0.2) is 4.79 Å². The van der Waals surface area contributed by atoms with E-state index < -0.39 is 0 Å². The van der Waals surface area contributed by atoms with Gasteiger partial charge < -0.3 is 0 Å². The maximum Gasteiger partial charge on any atom is 0.269 e. The van der Waals surface area contributed by atoms with Gasteiger partial charge in [-0.2, -0.15) is 0 Å². The van der Waals surface area contributed by atoms with Crippen molar-refractivity contribution in [3.63, 3.8) is 0 Å². The topological polar surface area (TPSA) is 37.8 Å². The third-order valence-corrected chi connectivity index (χ3v) is 2.97. The Morgan fingerprint density at radius 3 is 2.41 bits per heavy atom. The van der Waals surface area contributed by atoms with Crippen LogP contribution in [0.1, 0.15) is 58.2 Å². The van der Waals surface area contributed by atoms with Crippen LogP contribution in [0.25, 0.3) is 0 Å². The molecule has 3 heteroatoms. The average molecular weight is 238 g/mol. The molecule has 0 aliphatic carbocycles. The first-order valence-corrected chi connectivity index (χ1v) is 6.90. The van der Waals surface area contributed by atoms with Crippen LogP contribution in [0.5, 0.6) is 0 Å². The van der Waals surface area contributed by atoms with E-state index in [4.69, 9.17) is 0 Å². The Bertz CT molecular complexity index is 387. The van der Waals surface area contributed by atoms with Crippen LogP contribution in [0, 0.1) is 5.92 Å². The molecule has 0 unspecified atom stereocenters. The molecule has 98 valence electrons. The van der Waals surface area contributed by atoms with Crippen molar-refractivity contribution in [2.45, 2.75) is 66.3 Å². The van der Waals surface area contributed by atoms with Gasteiger partial charge in [-0.1, -0.05) is 40.5 Å². The fourth-order valence-corrected chi connectivity index (χ4v) is 2.14. The summed E-state index contributed by atoms with van der Waals surface area (Å²) in [5, 5.41) is 3.30. The summed E-state index contributed by atoms with van der Waals surface area (Å²) in [6.07, 6.45) is 5.23. The minimum absolute atomic E-state index is 0.204. The third-order valence-electron chi connectivity index (χ3n) is 2.97. The smallest absolute Gasteiger partial charge is 0.269 e. The van der Waals surface area contributed by atoms with Crippen molar-refractivity contribution in [1.29, 1.82) is 0 Å². The highest BCUT2D eigenvalue weighted by atomic mass is 16.1. The van der Waals surface area contributed by atoms with Crippen LogP contribution < -0.4 is 5.56 Å². The molecule has 0 aliphatic rings. The number of H-pyrrole nitrogens is 1. The molecule has 1 heterocycles. The summed E-state index contributed by atoms with van der Waals surface area (Å²) in [6.45, 7) is 9.39. The summed E-state index contributed by atoms with van der Waals surface area (Å²) in [6, 6.07) is 0. The van der Waals surface area contributed by atoms with Crippen LogP contribution in [0.3, 0.4) is 0 Å². The number of aromatic amines is 1. The van der Waals surface area contributed by atoms with Gasteiger partial charge in [0.05, 0.1) is 0 Å². The molecule has 0 atom stereocenters. The quantitative estimate of drug-likeness (QED) is 0.778. The lowest BCUT2D eigenvalue weighted by Gasteiger charge is -2.04. The molecule has 0 fully saturated rings. The number of hydrogen-bond acceptors (Lipinski definition) is 1. The summed E-state index contributed by atoms with van der Waals surface area (Å²) < 4.78 is 1.79. The fourth-order valence-electron chi connectivity index (χ4n) is 2.14. The molecule has 0 radical (unpaired) electrons. The number of unbranched alkanes of at least 4 members (excludes halogenated alkanes) is 1. The van der Waals surface area contributed by atoms with Gasteiger partial charge in [-0.3, -0.25) is 14.6 Å². The molecule has 1 aromatic heterocycles. The number of nitrogens with zero attached hydrogens (tertiary/aromatic N) is 1. The van der Waals surface area contributed by atoms with E-state index in [1.807, 2.05) is 0 Å². The van der Waals surface area contributed by atoms with Gasteiger partial charge in [0.1, 0.15) is 0 Å². The minimum Gasteiger partial charge on any atom is -0.299 e. The molecule has 0 saturated carbocycles. The Morgan fingerprint density at radius 1 is 1.18 bits per heavy atom. The van der Waals surface area contributed by atoms with Crippen molar-refractivity contribution in [3.8, 4) is 0 Å². The number of nitrogens with one attached hydrogen (secondary N) is 1. The fraction of sp³-hybridized carbons (Fsp3) is 0.786. The third kappa shape index (κ3) is 3.76. The lowest BCUT2D eigenvalue weighted by molar-refractivity contribution is 0.469. The average Bonchev–Trinajstić information content (AvgIpc) is 2.53. The van der Waals surface area contributed by atoms with Gasteiger partial charge in [0.15, 0.2) is 0 Å². The number of aryl methyl sites for hydroxylation is 1. The summed E-state index contributed by atoms with van der Waals surface area (Å²) in [5.74, 6) is 0.500. The van der Waals surface area contributed by atoms with Crippen molar-refractivity contribution in [1.82, 2.24) is 9.78 Å². The van der Waals surface area contributed by atoms with E-state index in [-0.39, 0.29) is 5.56 Å². The maximum absolute atomic E-state index is 12.2. The van der Waals surface area contributed by atoms with Crippen molar-refractivity contribution >= 4 is 0 Å². The number of hydrogen-bond donors (Lipinski definition) is 1. The summed E-state index contributed by atoms with van der Waals surface area (Å²) >= 11 is 0. The second-order valence-corrected chi connectivity index (χ2v) is 5.23. The highest BCUT2D eigenvalue weighted by molar-refractivity contribution is 5.18. The van der Waals surface area contributed by atoms with Gasteiger partial charge in [-0.15, -0.1) is 0 Å². The molecule has 0 spiro atoms. The first-order chi connectivity index (χ1) is 8.10. The predicted octanol–water partition coefficient (Wildman–Crippen LogP) is 3.13. The Hall–Kier alpha value is -0.990. The van der Waals surface area contributed by atoms with Crippen LogP contribution in [-0.2, 0) is 19.4 Å². The highest BCUT2D eigenvalue weighted by Gasteiger charge is 2.13. The van der Waals surface area contributed by atoms with Crippen LogP contribution in [0.2, 0.25) is 0 Å². The molecule has 0 aliphatic heterocycles. The lowest BCUT2D eigenvalue weighted by Crippen LogP contribution is -2.21. The largest absolute Gasteiger partial charge is 0.299 e. The predicted molar refractivity (Wildman–Crippen MR) is 72.5 cm³/mol. The second-order valence-electron chi connectivity index (χ2n) is 5.23. The van der Waals surface area contributed by atoms with Crippen LogP contribution in [0.4, 0.5) is 0 Å². The Kier molecular flexibility index (Phi) is 5.52. The van der Waals surface area contributed by atoms with E-state index in [9.17, 15) is 4.79 Å².